The lowest BCUT2D eigenvalue weighted by Crippen LogP contribution is -2.55. The van der Waals surface area contributed by atoms with Crippen LogP contribution in [-0.4, -0.2) is 30.6 Å². The molecule has 2 bridgehead atoms. The summed E-state index contributed by atoms with van der Waals surface area (Å²) in [7, 11) is 0. The molecule has 0 aliphatic carbocycles. The van der Waals surface area contributed by atoms with Gasteiger partial charge in [-0.2, -0.15) is 0 Å². The first-order valence-electron chi connectivity index (χ1n) is 8.19. The highest BCUT2D eigenvalue weighted by Crippen LogP contribution is 2.32. The van der Waals surface area contributed by atoms with E-state index >= 15 is 0 Å². The summed E-state index contributed by atoms with van der Waals surface area (Å²) in [6.07, 6.45) is 2.66. The monoisotopic (exact) mass is 466 g/mol. The van der Waals surface area contributed by atoms with Crippen molar-refractivity contribution in [2.45, 2.75) is 25.4 Å². The van der Waals surface area contributed by atoms with Gasteiger partial charge in [0.15, 0.2) is 0 Å². The van der Waals surface area contributed by atoms with Crippen molar-refractivity contribution >= 4 is 52.3 Å². The van der Waals surface area contributed by atoms with Crippen molar-refractivity contribution in [3.63, 3.8) is 0 Å². The van der Waals surface area contributed by atoms with Gasteiger partial charge in [-0.3, -0.25) is 0 Å². The van der Waals surface area contributed by atoms with Crippen LogP contribution in [0, 0.1) is 5.92 Å². The van der Waals surface area contributed by atoms with Crippen LogP contribution in [0.3, 0.4) is 0 Å². The molecule has 1 N–H and O–H groups in total. The van der Waals surface area contributed by atoms with Crippen LogP contribution in [0.25, 0.3) is 11.3 Å². The van der Waals surface area contributed by atoms with E-state index in [9.17, 15) is 0 Å². The predicted molar refractivity (Wildman–Crippen MR) is 111 cm³/mol. The number of hydrogen-bond donors (Lipinski definition) is 1. The van der Waals surface area contributed by atoms with Gasteiger partial charge in [-0.15, -0.1) is 24.8 Å². The second kappa shape index (κ2) is 9.12. The average Bonchev–Trinajstić information content (AvgIpc) is 3.03. The summed E-state index contributed by atoms with van der Waals surface area (Å²) in [6, 6.07) is 10.5. The van der Waals surface area contributed by atoms with Gasteiger partial charge >= 0.3 is 0 Å². The van der Waals surface area contributed by atoms with Gasteiger partial charge in [-0.25, -0.2) is 0 Å². The minimum atomic E-state index is 0. The smallest absolute Gasteiger partial charge is 0.135 e. The molecule has 3 nitrogen and oxygen atoms in total. The van der Waals surface area contributed by atoms with Crippen molar-refractivity contribution in [2.75, 3.05) is 19.6 Å². The summed E-state index contributed by atoms with van der Waals surface area (Å²) < 4.78 is 6.96. The van der Waals surface area contributed by atoms with Gasteiger partial charge in [0, 0.05) is 22.6 Å². The number of nitrogens with one attached hydrogen (secondary N) is 1. The van der Waals surface area contributed by atoms with E-state index in [1.54, 1.807) is 0 Å². The van der Waals surface area contributed by atoms with Gasteiger partial charge in [-0.05, 0) is 62.2 Å². The van der Waals surface area contributed by atoms with Crippen molar-refractivity contribution in [1.29, 1.82) is 0 Å². The number of halogens is 4. The van der Waals surface area contributed by atoms with Crippen LogP contribution in [0.1, 0.15) is 18.6 Å². The molecule has 2 aromatic rings. The Bertz CT molecular complexity index is 701. The molecule has 25 heavy (non-hydrogen) atoms. The van der Waals surface area contributed by atoms with E-state index < -0.39 is 0 Å². The van der Waals surface area contributed by atoms with Gasteiger partial charge in [0.2, 0.25) is 0 Å². The molecule has 3 aliphatic heterocycles. The topological polar surface area (TPSA) is 28.4 Å². The molecule has 0 spiro atoms. The molecular weight excluding hydrogens is 446 g/mol. The van der Waals surface area contributed by atoms with Gasteiger partial charge in [0.1, 0.15) is 11.5 Å². The maximum Gasteiger partial charge on any atom is 0.135 e. The minimum absolute atomic E-state index is 0. The molecule has 4 heterocycles. The van der Waals surface area contributed by atoms with Crippen LogP contribution in [0.2, 0.25) is 5.02 Å². The number of fused-ring (bicyclic) bond motifs is 3. The Labute approximate surface area is 174 Å². The van der Waals surface area contributed by atoms with E-state index in [-0.39, 0.29) is 24.8 Å². The highest BCUT2D eigenvalue weighted by molar-refractivity contribution is 9.10. The van der Waals surface area contributed by atoms with Crippen molar-refractivity contribution in [3.8, 4) is 11.3 Å². The fourth-order valence-electron chi connectivity index (χ4n) is 3.74. The summed E-state index contributed by atoms with van der Waals surface area (Å²) in [6.45, 7) is 4.51. The first kappa shape index (κ1) is 21.1. The van der Waals surface area contributed by atoms with Crippen LogP contribution >= 0.6 is 52.3 Å². The lowest BCUT2D eigenvalue weighted by Gasteiger charge is -2.45. The molecule has 1 aromatic heterocycles. The molecule has 1 aromatic carbocycles. The second-order valence-corrected chi connectivity index (χ2v) is 7.84. The van der Waals surface area contributed by atoms with Crippen molar-refractivity contribution in [2.24, 2.45) is 5.92 Å². The van der Waals surface area contributed by atoms with Gasteiger partial charge in [0.25, 0.3) is 0 Å². The molecule has 5 rings (SSSR count). The van der Waals surface area contributed by atoms with Crippen LogP contribution in [0.5, 0.6) is 0 Å². The van der Waals surface area contributed by atoms with Gasteiger partial charge in [-0.1, -0.05) is 27.5 Å². The first-order chi connectivity index (χ1) is 11.2. The lowest BCUT2D eigenvalue weighted by molar-refractivity contribution is 0.0711. The number of hydrogen-bond acceptors (Lipinski definition) is 3. The van der Waals surface area contributed by atoms with Gasteiger partial charge in [0.05, 0.1) is 11.6 Å². The molecule has 3 saturated heterocycles. The van der Waals surface area contributed by atoms with Crippen molar-refractivity contribution < 1.29 is 4.42 Å². The Hall–Kier alpha value is -0.230. The Morgan fingerprint density at radius 3 is 2.56 bits per heavy atom. The Morgan fingerprint density at radius 2 is 1.92 bits per heavy atom. The third kappa shape index (κ3) is 4.74. The second-order valence-electron chi connectivity index (χ2n) is 6.52. The highest BCUT2D eigenvalue weighted by atomic mass is 79.9. The van der Waals surface area contributed by atoms with Crippen molar-refractivity contribution in [3.05, 3.63) is 45.6 Å². The standard InChI is InChI=1S/C18H20BrClN2O.2ClH/c19-13-1-3-15(16(20)9-13)18-4-2-14(23-18)10-21-17-11-22-7-5-12(17)6-8-22;;/h1-4,9,12,17,21H,5-8,10-11H2;2*1H. The molecule has 1 atom stereocenters. The number of piperidine rings is 3. The minimum Gasteiger partial charge on any atom is -0.460 e. The Morgan fingerprint density at radius 1 is 1.16 bits per heavy atom. The fourth-order valence-corrected chi connectivity index (χ4v) is 4.50. The quantitative estimate of drug-likeness (QED) is 0.652. The predicted octanol–water partition coefficient (Wildman–Crippen LogP) is 5.39. The lowest BCUT2D eigenvalue weighted by atomic mass is 9.84. The zero-order valence-electron chi connectivity index (χ0n) is 13.7. The number of nitrogens with zero attached hydrogens (tertiary/aromatic N) is 1. The van der Waals surface area contributed by atoms with Crippen LogP contribution in [0.4, 0.5) is 0 Å². The highest BCUT2D eigenvalue weighted by Gasteiger charge is 2.33. The van der Waals surface area contributed by atoms with E-state index in [2.05, 4.69) is 26.1 Å². The Kier molecular flexibility index (Phi) is 7.68. The summed E-state index contributed by atoms with van der Waals surface area (Å²) >= 11 is 9.73. The zero-order valence-corrected chi connectivity index (χ0v) is 17.7. The van der Waals surface area contributed by atoms with E-state index in [0.29, 0.717) is 11.1 Å². The molecular formula is C18H22BrCl3N2O. The number of rotatable bonds is 4. The number of furan rings is 1. The Balaban J connectivity index is 0.00000113. The summed E-state index contributed by atoms with van der Waals surface area (Å²) in [4.78, 5) is 2.56. The van der Waals surface area contributed by atoms with E-state index in [0.717, 1.165) is 34.0 Å². The maximum atomic E-state index is 6.30. The summed E-state index contributed by atoms with van der Waals surface area (Å²) in [5.74, 6) is 2.62. The largest absolute Gasteiger partial charge is 0.460 e. The third-order valence-electron chi connectivity index (χ3n) is 5.05. The summed E-state index contributed by atoms with van der Waals surface area (Å²) in [5, 5.41) is 4.38. The molecule has 3 fully saturated rings. The van der Waals surface area contributed by atoms with E-state index in [1.807, 2.05) is 30.3 Å². The van der Waals surface area contributed by atoms with Gasteiger partial charge < -0.3 is 14.6 Å². The van der Waals surface area contributed by atoms with E-state index in [1.165, 1.54) is 32.5 Å². The zero-order chi connectivity index (χ0) is 15.8. The molecule has 0 saturated carbocycles. The fraction of sp³-hybridized carbons (Fsp3) is 0.444. The van der Waals surface area contributed by atoms with Crippen LogP contribution in [-0.2, 0) is 6.54 Å². The molecule has 0 radical (unpaired) electrons. The average molecular weight is 469 g/mol. The molecule has 3 aliphatic rings. The summed E-state index contributed by atoms with van der Waals surface area (Å²) in [5.41, 5.74) is 0.934. The third-order valence-corrected chi connectivity index (χ3v) is 5.86. The molecule has 0 amide bonds. The maximum absolute atomic E-state index is 6.30. The normalized spacial score (nSPS) is 24.5. The van der Waals surface area contributed by atoms with Crippen LogP contribution in [0.15, 0.2) is 39.2 Å². The van der Waals surface area contributed by atoms with Crippen molar-refractivity contribution in [1.82, 2.24) is 10.2 Å². The molecule has 138 valence electrons. The molecule has 1 unspecified atom stereocenters. The van der Waals surface area contributed by atoms with E-state index in [4.69, 9.17) is 16.0 Å². The van der Waals surface area contributed by atoms with Crippen LogP contribution < -0.4 is 5.32 Å². The SMILES string of the molecule is Cl.Cl.Clc1cc(Br)ccc1-c1ccc(CNC2CN3CCC2CC3)o1. The number of benzene rings is 1. The molecule has 7 heteroatoms. The first-order valence-corrected chi connectivity index (χ1v) is 9.36.